The number of ether oxygens (including phenoxy) is 2. The number of allylic oxidation sites excluding steroid dienone is 4. The normalized spacial score (nSPS) is 20.2. The van der Waals surface area contributed by atoms with Crippen LogP contribution in [-0.2, 0) is 16.2 Å². The van der Waals surface area contributed by atoms with Crippen molar-refractivity contribution < 1.29 is 23.5 Å². The Morgan fingerprint density at radius 3 is 1.95 bits per heavy atom. The van der Waals surface area contributed by atoms with Crippen LogP contribution in [0.2, 0.25) is 0 Å². The van der Waals surface area contributed by atoms with Gasteiger partial charge in [-0.05, 0) is 95.5 Å². The Balaban J connectivity index is 1.65. The molecule has 7 heteroatoms. The Labute approximate surface area is 256 Å². The molecule has 0 saturated heterocycles. The molecule has 2 aliphatic carbocycles. The monoisotopic (exact) mass is 671 g/mol. The van der Waals surface area contributed by atoms with Gasteiger partial charge in [0.25, 0.3) is 0 Å². The van der Waals surface area contributed by atoms with Crippen LogP contribution in [-0.4, -0.2) is 29.6 Å². The van der Waals surface area contributed by atoms with Crippen molar-refractivity contribution in [1.82, 2.24) is 4.90 Å². The minimum absolute atomic E-state index is 0.119. The molecule has 0 atom stereocenters. The van der Waals surface area contributed by atoms with Crippen molar-refractivity contribution in [3.8, 4) is 11.5 Å². The predicted molar refractivity (Wildman–Crippen MR) is 166 cm³/mol. The fourth-order valence-corrected chi connectivity index (χ4v) is 7.44. The summed E-state index contributed by atoms with van der Waals surface area (Å²) >= 11 is 2.25. The zero-order chi connectivity index (χ0) is 29.7. The number of carbonyl (C=O) groups excluding carboxylic acids is 2. The molecule has 0 amide bonds. The lowest BCUT2D eigenvalue weighted by Gasteiger charge is -2.49. The average Bonchev–Trinajstić information content (AvgIpc) is 2.87. The summed E-state index contributed by atoms with van der Waals surface area (Å²) in [6.45, 7) is 14.1. The van der Waals surface area contributed by atoms with Crippen molar-refractivity contribution in [1.29, 1.82) is 0 Å². The summed E-state index contributed by atoms with van der Waals surface area (Å²) in [6, 6.07) is 10.2. The van der Waals surface area contributed by atoms with Crippen molar-refractivity contribution in [2.75, 3.05) is 13.2 Å². The molecule has 0 spiro atoms. The number of hydrogen-bond acceptors (Lipinski definition) is 5. The molecule has 218 valence electrons. The molecule has 3 aliphatic rings. The van der Waals surface area contributed by atoms with Gasteiger partial charge in [-0.2, -0.15) is 0 Å². The molecule has 0 N–H and O–H groups in total. The third-order valence-electron chi connectivity index (χ3n) is 8.30. The van der Waals surface area contributed by atoms with Crippen LogP contribution in [0, 0.1) is 20.2 Å². The van der Waals surface area contributed by atoms with E-state index in [4.69, 9.17) is 9.47 Å². The summed E-state index contributed by atoms with van der Waals surface area (Å²) in [5.74, 6) is 0.685. The van der Waals surface area contributed by atoms with Crippen molar-refractivity contribution in [2.24, 2.45) is 10.8 Å². The van der Waals surface area contributed by atoms with Crippen LogP contribution >= 0.6 is 22.6 Å². The highest BCUT2D eigenvalue weighted by Crippen LogP contribution is 2.55. The Morgan fingerprint density at radius 1 is 0.878 bits per heavy atom. The smallest absolute Gasteiger partial charge is 0.174 e. The van der Waals surface area contributed by atoms with E-state index >= 15 is 0 Å². The maximum Gasteiger partial charge on any atom is 0.174 e. The van der Waals surface area contributed by atoms with Gasteiger partial charge in [-0.25, -0.2) is 4.39 Å². The number of ketones is 2. The molecule has 5 nitrogen and oxygen atoms in total. The summed E-state index contributed by atoms with van der Waals surface area (Å²) < 4.78 is 26.5. The van der Waals surface area contributed by atoms with Crippen molar-refractivity contribution in [3.05, 3.63) is 79.5 Å². The first-order valence-corrected chi connectivity index (χ1v) is 15.6. The summed E-state index contributed by atoms with van der Waals surface area (Å²) in [7, 11) is 0. The highest BCUT2D eigenvalue weighted by Gasteiger charge is 2.48. The lowest BCUT2D eigenvalue weighted by molar-refractivity contribution is -0.119. The molecule has 2 aromatic rings. The molecule has 0 fully saturated rings. The zero-order valence-corrected chi connectivity index (χ0v) is 27.0. The third-order valence-corrected chi connectivity index (χ3v) is 9.10. The number of rotatable bonds is 7. The van der Waals surface area contributed by atoms with Crippen molar-refractivity contribution >= 4 is 34.2 Å². The van der Waals surface area contributed by atoms with Gasteiger partial charge in [0.1, 0.15) is 12.4 Å². The van der Waals surface area contributed by atoms with Crippen molar-refractivity contribution in [3.63, 3.8) is 0 Å². The van der Waals surface area contributed by atoms with E-state index in [1.807, 2.05) is 19.1 Å². The first kappa shape index (κ1) is 29.8. The average molecular weight is 672 g/mol. The van der Waals surface area contributed by atoms with E-state index in [-0.39, 0.29) is 34.8 Å². The molecule has 0 bridgehead atoms. The Bertz CT molecular complexity index is 1400. The highest BCUT2D eigenvalue weighted by atomic mass is 127. The second kappa shape index (κ2) is 11.2. The van der Waals surface area contributed by atoms with Gasteiger partial charge < -0.3 is 14.4 Å². The molecule has 0 radical (unpaired) electrons. The number of halogens is 2. The molecular formula is C34H39FINO4. The van der Waals surface area contributed by atoms with Gasteiger partial charge in [0, 0.05) is 47.8 Å². The maximum absolute atomic E-state index is 13.9. The predicted octanol–water partition coefficient (Wildman–Crippen LogP) is 8.11. The molecule has 1 heterocycles. The van der Waals surface area contributed by atoms with Crippen LogP contribution in [0.3, 0.4) is 0 Å². The molecular weight excluding hydrogens is 632 g/mol. The number of Topliss-reactive ketones (excluding diaryl/α,β-unsaturated/α-hetero) is 2. The van der Waals surface area contributed by atoms with Crippen LogP contribution in [0.15, 0.2) is 58.9 Å². The van der Waals surface area contributed by atoms with Crippen LogP contribution < -0.4 is 9.47 Å². The summed E-state index contributed by atoms with van der Waals surface area (Å²) in [4.78, 5) is 30.2. The van der Waals surface area contributed by atoms with E-state index in [1.54, 1.807) is 12.1 Å². The van der Waals surface area contributed by atoms with Crippen LogP contribution in [0.5, 0.6) is 11.5 Å². The van der Waals surface area contributed by atoms with Gasteiger partial charge in [-0.15, -0.1) is 0 Å². The Kier molecular flexibility index (Phi) is 8.14. The quantitative estimate of drug-likeness (QED) is 0.279. The van der Waals surface area contributed by atoms with Gasteiger partial charge >= 0.3 is 0 Å². The fourth-order valence-electron chi connectivity index (χ4n) is 6.66. The summed E-state index contributed by atoms with van der Waals surface area (Å²) in [6.07, 6.45) is 2.49. The Hall–Kier alpha value is -2.68. The largest absolute Gasteiger partial charge is 0.490 e. The van der Waals surface area contributed by atoms with Gasteiger partial charge in [-0.1, -0.05) is 39.8 Å². The second-order valence-electron chi connectivity index (χ2n) is 13.0. The van der Waals surface area contributed by atoms with Gasteiger partial charge in [-0.3, -0.25) is 9.59 Å². The van der Waals surface area contributed by atoms with Crippen LogP contribution in [0.1, 0.15) is 84.3 Å². The number of carbonyl (C=O) groups is 2. The standard InChI is InChI=1S/C34H39FINO4/c1-7-37-24-15-33(3,4)17-26(38)30(24)29(31-25(37)16-34(5,6)18-27(31)39)21-13-23(36)32(28(14-21)40-8-2)41-19-20-9-11-22(35)12-10-20/h9-14,29H,7-8,15-19H2,1-6H3. The topological polar surface area (TPSA) is 55.8 Å². The molecule has 1 aliphatic heterocycles. The van der Waals surface area contributed by atoms with Crippen LogP contribution in [0.25, 0.3) is 0 Å². The molecule has 0 unspecified atom stereocenters. The fraction of sp³-hybridized carbons (Fsp3) is 0.471. The lowest BCUT2D eigenvalue weighted by Crippen LogP contribution is -2.44. The highest BCUT2D eigenvalue weighted by molar-refractivity contribution is 14.1. The first-order chi connectivity index (χ1) is 19.3. The number of nitrogens with zero attached hydrogens (tertiary/aromatic N) is 1. The van der Waals surface area contributed by atoms with Crippen molar-refractivity contribution in [2.45, 2.75) is 79.8 Å². The zero-order valence-electron chi connectivity index (χ0n) is 24.8. The van der Waals surface area contributed by atoms with Gasteiger partial charge in [0.05, 0.1) is 10.2 Å². The maximum atomic E-state index is 13.9. The van der Waals surface area contributed by atoms with Gasteiger partial charge in [0.2, 0.25) is 0 Å². The molecule has 2 aromatic carbocycles. The van der Waals surface area contributed by atoms with E-state index in [9.17, 15) is 14.0 Å². The molecule has 0 saturated carbocycles. The lowest BCUT2D eigenvalue weighted by atomic mass is 9.63. The van der Waals surface area contributed by atoms with E-state index in [1.165, 1.54) is 12.1 Å². The third kappa shape index (κ3) is 5.84. The first-order valence-electron chi connectivity index (χ1n) is 14.5. The SMILES string of the molecule is CCOc1cc(C2C3=C(CC(C)(C)CC3=O)N(CC)C3=C2C(=O)CC(C)(C)C3)cc(I)c1OCc1ccc(F)cc1. The summed E-state index contributed by atoms with van der Waals surface area (Å²) in [5, 5.41) is 0. The number of benzene rings is 2. The van der Waals surface area contributed by atoms with Gasteiger partial charge in [0.15, 0.2) is 23.1 Å². The van der Waals surface area contributed by atoms with E-state index in [0.717, 1.165) is 56.6 Å². The Morgan fingerprint density at radius 2 is 1.44 bits per heavy atom. The molecule has 0 aromatic heterocycles. The van der Waals surface area contributed by atoms with E-state index in [0.29, 0.717) is 30.9 Å². The minimum Gasteiger partial charge on any atom is -0.490 e. The van der Waals surface area contributed by atoms with Crippen LogP contribution in [0.4, 0.5) is 4.39 Å². The summed E-state index contributed by atoms with van der Waals surface area (Å²) in [5.41, 5.74) is 5.07. The van der Waals surface area contributed by atoms with E-state index < -0.39 is 5.92 Å². The number of hydrogen-bond donors (Lipinski definition) is 0. The second-order valence-corrected chi connectivity index (χ2v) is 14.1. The minimum atomic E-state index is -0.436. The van der Waals surface area contributed by atoms with E-state index in [2.05, 4.69) is 62.1 Å². The molecule has 5 rings (SSSR count). The molecule has 41 heavy (non-hydrogen) atoms.